The zero-order valence-corrected chi connectivity index (χ0v) is 23.1. The lowest BCUT2D eigenvalue weighted by molar-refractivity contribution is -0.187. The van der Waals surface area contributed by atoms with Gasteiger partial charge in [0.1, 0.15) is 0 Å². The van der Waals surface area contributed by atoms with E-state index in [9.17, 15) is 19.4 Å². The molecular formula is C27H44NO7P. The first kappa shape index (κ1) is 28.0. The van der Waals surface area contributed by atoms with Gasteiger partial charge in [-0.2, -0.15) is 0 Å². The van der Waals surface area contributed by atoms with Gasteiger partial charge in [-0.1, -0.05) is 39.0 Å². The quantitative estimate of drug-likeness (QED) is 0.237. The molecular weight excluding hydrogens is 481 g/mol. The van der Waals surface area contributed by atoms with Crippen molar-refractivity contribution in [3.05, 3.63) is 23.8 Å². The van der Waals surface area contributed by atoms with Crippen LogP contribution in [0.3, 0.4) is 0 Å². The fourth-order valence-electron chi connectivity index (χ4n) is 8.40. The molecule has 3 fully saturated rings. The summed E-state index contributed by atoms with van der Waals surface area (Å²) in [5.41, 5.74) is 5.94. The van der Waals surface area contributed by atoms with Gasteiger partial charge in [-0.25, -0.2) is 4.57 Å². The van der Waals surface area contributed by atoms with E-state index in [0.717, 1.165) is 31.3 Å². The van der Waals surface area contributed by atoms with E-state index in [-0.39, 0.29) is 48.4 Å². The van der Waals surface area contributed by atoms with Gasteiger partial charge in [0.15, 0.2) is 5.60 Å². The second kappa shape index (κ2) is 9.94. The summed E-state index contributed by atoms with van der Waals surface area (Å²) in [6, 6.07) is 0. The molecule has 0 radical (unpaired) electrons. The second-order valence-electron chi connectivity index (χ2n) is 11.9. The van der Waals surface area contributed by atoms with Gasteiger partial charge in [0.2, 0.25) is 0 Å². The average Bonchev–Trinajstić information content (AvgIpc) is 3.05. The number of phosphoric acid groups is 1. The minimum atomic E-state index is -4.13. The monoisotopic (exact) mass is 525 g/mol. The molecule has 4 aliphatic rings. The molecule has 0 bridgehead atoms. The summed E-state index contributed by atoms with van der Waals surface area (Å²) in [6.45, 7) is 12.5. The Labute approximate surface area is 215 Å². The van der Waals surface area contributed by atoms with E-state index in [4.69, 9.17) is 19.5 Å². The lowest BCUT2D eigenvalue weighted by atomic mass is 9.46. The van der Waals surface area contributed by atoms with E-state index in [1.54, 1.807) is 6.92 Å². The number of aliphatic hydroxyl groups is 1. The number of phosphoric ester groups is 1. The predicted molar refractivity (Wildman–Crippen MR) is 137 cm³/mol. The van der Waals surface area contributed by atoms with Gasteiger partial charge in [0.05, 0.1) is 18.8 Å². The molecule has 36 heavy (non-hydrogen) atoms. The van der Waals surface area contributed by atoms with Crippen LogP contribution in [0.15, 0.2) is 23.8 Å². The molecule has 0 aromatic heterocycles. The number of fused-ring (bicyclic) bond motifs is 5. The van der Waals surface area contributed by atoms with E-state index < -0.39 is 19.5 Å². The van der Waals surface area contributed by atoms with E-state index in [2.05, 4.69) is 26.5 Å². The van der Waals surface area contributed by atoms with Crippen LogP contribution in [0.25, 0.3) is 0 Å². The van der Waals surface area contributed by atoms with Crippen molar-refractivity contribution in [2.75, 3.05) is 13.2 Å². The fourth-order valence-corrected chi connectivity index (χ4v) is 9.36. The molecule has 0 spiro atoms. The van der Waals surface area contributed by atoms with Crippen LogP contribution in [0.4, 0.5) is 0 Å². The number of hydrogen-bond acceptors (Lipinski definition) is 7. The van der Waals surface area contributed by atoms with Gasteiger partial charge in [-0.15, -0.1) is 0 Å². The molecule has 0 amide bonds. The molecule has 4 unspecified atom stereocenters. The summed E-state index contributed by atoms with van der Waals surface area (Å²) in [4.78, 5) is 22.5. The Balaban J connectivity index is 1.58. The standard InChI is InChI=1S/C27H44NO7P/c1-6-24(30)34-27(17(2)3)23(29)16-22-20-8-7-18-15-19(35-36(31,32)33-14-13-28)9-11-25(18,4)21(20)10-12-26(22,27)5/h7,19-23,29H,2,6,8-16,28H2,1,3-5H3,(H,31,32)/t19?,20?,21-,22-,23?,25-,26-,27+/m0/s1. The maximum atomic E-state index is 12.5. The minimum Gasteiger partial charge on any atom is -0.451 e. The van der Waals surface area contributed by atoms with E-state index in [1.165, 1.54) is 5.57 Å². The molecule has 4 aliphatic carbocycles. The topological polar surface area (TPSA) is 128 Å². The highest BCUT2D eigenvalue weighted by atomic mass is 31.2. The molecule has 9 heteroatoms. The largest absolute Gasteiger partial charge is 0.472 e. The lowest BCUT2D eigenvalue weighted by Crippen LogP contribution is -2.58. The number of carbonyl (C=O) groups excluding carboxylic acids is 1. The summed E-state index contributed by atoms with van der Waals surface area (Å²) in [7, 11) is -4.13. The molecule has 0 heterocycles. The van der Waals surface area contributed by atoms with Gasteiger partial charge in [0.25, 0.3) is 0 Å². The third-order valence-electron chi connectivity index (χ3n) is 10.1. The number of ether oxygens (including phenoxy) is 1. The Hall–Kier alpha value is -1.02. The number of carbonyl (C=O) groups is 1. The van der Waals surface area contributed by atoms with Crippen molar-refractivity contribution in [1.29, 1.82) is 0 Å². The Morgan fingerprint density at radius 2 is 2.00 bits per heavy atom. The summed E-state index contributed by atoms with van der Waals surface area (Å²) in [5, 5.41) is 11.4. The van der Waals surface area contributed by atoms with Gasteiger partial charge in [-0.3, -0.25) is 13.8 Å². The summed E-state index contributed by atoms with van der Waals surface area (Å²) >= 11 is 0. The normalized spacial score (nSPS) is 43.4. The first-order chi connectivity index (χ1) is 16.8. The molecule has 4 rings (SSSR count). The zero-order chi connectivity index (χ0) is 26.5. The molecule has 0 aliphatic heterocycles. The number of aliphatic hydroxyl groups excluding tert-OH is 1. The van der Waals surface area contributed by atoms with Crippen LogP contribution in [0.1, 0.15) is 79.1 Å². The van der Waals surface area contributed by atoms with Crippen molar-refractivity contribution in [2.24, 2.45) is 34.3 Å². The Morgan fingerprint density at radius 1 is 1.28 bits per heavy atom. The number of nitrogens with two attached hydrogens (primary N) is 1. The molecule has 0 saturated heterocycles. The van der Waals surface area contributed by atoms with Crippen molar-refractivity contribution >= 4 is 13.8 Å². The van der Waals surface area contributed by atoms with Crippen molar-refractivity contribution < 1.29 is 33.1 Å². The molecule has 9 atom stereocenters. The summed E-state index contributed by atoms with van der Waals surface area (Å²) in [5.74, 6) is 0.705. The first-order valence-corrected chi connectivity index (χ1v) is 15.0. The van der Waals surface area contributed by atoms with E-state index in [0.29, 0.717) is 31.1 Å². The third-order valence-corrected chi connectivity index (χ3v) is 11.2. The van der Waals surface area contributed by atoms with Gasteiger partial charge in [0, 0.05) is 18.4 Å². The Kier molecular flexibility index (Phi) is 7.73. The van der Waals surface area contributed by atoms with Crippen LogP contribution in [-0.2, 0) is 23.1 Å². The van der Waals surface area contributed by atoms with E-state index in [1.807, 2.05) is 6.92 Å². The predicted octanol–water partition coefficient (Wildman–Crippen LogP) is 4.65. The van der Waals surface area contributed by atoms with Gasteiger partial charge in [-0.05, 0) is 80.6 Å². The fraction of sp³-hybridized carbons (Fsp3) is 0.815. The molecule has 4 N–H and O–H groups in total. The van der Waals surface area contributed by atoms with Gasteiger partial charge < -0.3 is 20.5 Å². The van der Waals surface area contributed by atoms with Crippen LogP contribution >= 0.6 is 7.82 Å². The minimum absolute atomic E-state index is 0.0179. The highest BCUT2D eigenvalue weighted by molar-refractivity contribution is 7.47. The Bertz CT molecular complexity index is 968. The number of esters is 1. The molecule has 0 aromatic rings. The average molecular weight is 526 g/mol. The van der Waals surface area contributed by atoms with Crippen molar-refractivity contribution in [1.82, 2.24) is 0 Å². The SMILES string of the molecule is C=C(C)[C@@]1(OC(=O)CC)C(O)C[C@H]2C3CC=C4CC(OP(=O)(O)OCCN)CC[C@]4(C)[C@H]3CC[C@@]21C. The summed E-state index contributed by atoms with van der Waals surface area (Å²) in [6.07, 6.45) is 6.90. The first-order valence-electron chi connectivity index (χ1n) is 13.5. The van der Waals surface area contributed by atoms with Crippen LogP contribution < -0.4 is 5.73 Å². The van der Waals surface area contributed by atoms with Crippen LogP contribution in [0, 0.1) is 28.6 Å². The smallest absolute Gasteiger partial charge is 0.451 e. The molecule has 204 valence electrons. The van der Waals surface area contributed by atoms with Crippen molar-refractivity contribution in [3.63, 3.8) is 0 Å². The second-order valence-corrected chi connectivity index (χ2v) is 13.3. The maximum absolute atomic E-state index is 12.5. The Morgan fingerprint density at radius 3 is 2.64 bits per heavy atom. The van der Waals surface area contributed by atoms with Crippen molar-refractivity contribution in [3.8, 4) is 0 Å². The van der Waals surface area contributed by atoms with Crippen LogP contribution in [-0.4, -0.2) is 46.9 Å². The molecule has 3 saturated carbocycles. The number of allylic oxidation sites excluding steroid dienone is 1. The number of rotatable bonds is 8. The van der Waals surface area contributed by atoms with Crippen LogP contribution in [0.2, 0.25) is 0 Å². The van der Waals surface area contributed by atoms with Crippen molar-refractivity contribution in [2.45, 2.75) is 96.9 Å². The zero-order valence-electron chi connectivity index (χ0n) is 22.2. The lowest BCUT2D eigenvalue weighted by Gasteiger charge is -2.59. The molecule has 0 aromatic carbocycles. The summed E-state index contributed by atoms with van der Waals surface area (Å²) < 4.78 is 28.8. The van der Waals surface area contributed by atoms with E-state index >= 15 is 0 Å². The molecule has 8 nitrogen and oxygen atoms in total. The highest BCUT2D eigenvalue weighted by Crippen LogP contribution is 2.69. The third kappa shape index (κ3) is 4.36. The maximum Gasteiger partial charge on any atom is 0.472 e. The number of hydrogen-bond donors (Lipinski definition) is 3. The van der Waals surface area contributed by atoms with Gasteiger partial charge >= 0.3 is 13.8 Å². The highest BCUT2D eigenvalue weighted by Gasteiger charge is 2.69. The van der Waals surface area contributed by atoms with Crippen LogP contribution in [0.5, 0.6) is 0 Å².